The van der Waals surface area contributed by atoms with Crippen LogP contribution in [0.15, 0.2) is 38.6 Å². The van der Waals surface area contributed by atoms with Gasteiger partial charge in [0.25, 0.3) is 0 Å². The molecule has 1 fully saturated rings. The highest BCUT2D eigenvalue weighted by Crippen LogP contribution is 2.51. The van der Waals surface area contributed by atoms with E-state index < -0.39 is 34.9 Å². The number of methoxy groups -OCH3 is 1. The first kappa shape index (κ1) is 17.5. The number of hydrogen-bond donors (Lipinski definition) is 1. The fourth-order valence-corrected chi connectivity index (χ4v) is 5.98. The molecule has 2 aliphatic heterocycles. The number of nitrogens with one attached hydrogen (secondary N) is 1. The van der Waals surface area contributed by atoms with Crippen LogP contribution < -0.4 is 9.77 Å². The second-order valence-electron chi connectivity index (χ2n) is 5.76. The topological polar surface area (TPSA) is 96.5 Å². The number of anilines is 1. The van der Waals surface area contributed by atoms with Crippen molar-refractivity contribution in [3.63, 3.8) is 0 Å². The minimum atomic E-state index is -0.970. The van der Waals surface area contributed by atoms with Crippen LogP contribution in [0.4, 0.5) is 5.69 Å². The number of carbonyl (C=O) groups is 3. The van der Waals surface area contributed by atoms with Gasteiger partial charge >= 0.3 is 10.8 Å². The summed E-state index contributed by atoms with van der Waals surface area (Å²) in [6.07, 6.45) is 0. The van der Waals surface area contributed by atoms with E-state index in [-0.39, 0.29) is 4.87 Å². The Morgan fingerprint density at radius 1 is 1.19 bits per heavy atom. The molecule has 7 nitrogen and oxygen atoms in total. The molecule has 0 bridgehead atoms. The summed E-state index contributed by atoms with van der Waals surface area (Å²) in [5.74, 6) is -3.36. The number of aromatic amines is 1. The number of thiazole rings is 1. The summed E-state index contributed by atoms with van der Waals surface area (Å²) in [7, 11) is 1.22. The lowest BCUT2D eigenvalue weighted by molar-refractivity contribution is -0.145. The molecule has 4 rings (SSSR count). The van der Waals surface area contributed by atoms with Crippen LogP contribution >= 0.6 is 39.0 Å². The second-order valence-corrected chi connectivity index (χ2v) is 8.84. The number of H-pyrrole nitrogens is 1. The van der Waals surface area contributed by atoms with Crippen molar-refractivity contribution in [2.24, 2.45) is 5.92 Å². The molecular formula is C16H11BrN2O5S2. The van der Waals surface area contributed by atoms with Gasteiger partial charge in [0, 0.05) is 4.47 Å². The molecule has 0 saturated carbocycles. The Kier molecular flexibility index (Phi) is 4.28. The van der Waals surface area contributed by atoms with Gasteiger partial charge in [-0.05, 0) is 24.3 Å². The van der Waals surface area contributed by atoms with E-state index in [1.54, 1.807) is 24.3 Å². The maximum Gasteiger partial charge on any atom is 0.314 e. The summed E-state index contributed by atoms with van der Waals surface area (Å²) >= 11 is 5.31. The molecule has 134 valence electrons. The fourth-order valence-electron chi connectivity index (χ4n) is 3.24. The Bertz CT molecular complexity index is 983. The average Bonchev–Trinajstić information content (AvgIpc) is 3.11. The molecule has 1 aromatic heterocycles. The monoisotopic (exact) mass is 454 g/mol. The maximum atomic E-state index is 13.1. The van der Waals surface area contributed by atoms with Crippen LogP contribution in [0.25, 0.3) is 0 Å². The quantitative estimate of drug-likeness (QED) is 0.551. The number of fused-ring (bicyclic) bond motifs is 2. The lowest BCUT2D eigenvalue weighted by Crippen LogP contribution is -2.35. The van der Waals surface area contributed by atoms with Crippen molar-refractivity contribution in [2.45, 2.75) is 16.2 Å². The van der Waals surface area contributed by atoms with Crippen molar-refractivity contribution >= 4 is 62.5 Å². The van der Waals surface area contributed by atoms with Crippen molar-refractivity contribution in [3.05, 3.63) is 43.3 Å². The third-order valence-electron chi connectivity index (χ3n) is 4.36. The number of imide groups is 1. The molecule has 2 amide bonds. The van der Waals surface area contributed by atoms with Crippen LogP contribution in [-0.4, -0.2) is 35.1 Å². The molecule has 3 atom stereocenters. The zero-order valence-corrected chi connectivity index (χ0v) is 16.4. The SMILES string of the molecule is COC(=O)[C@@H]1c2sc(=O)[nH]c2S[C@@H]2C(=O)N(c3ccc(Br)cc3)C(=O)[C@H]21. The molecule has 3 heterocycles. The third-order valence-corrected chi connectivity index (χ3v) is 7.29. The summed E-state index contributed by atoms with van der Waals surface area (Å²) in [6.45, 7) is 0. The van der Waals surface area contributed by atoms with Gasteiger partial charge in [-0.25, -0.2) is 4.90 Å². The first-order chi connectivity index (χ1) is 12.4. The summed E-state index contributed by atoms with van der Waals surface area (Å²) < 4.78 is 5.68. The van der Waals surface area contributed by atoms with Crippen molar-refractivity contribution in [1.29, 1.82) is 0 Å². The number of carbonyl (C=O) groups excluding carboxylic acids is 3. The molecule has 0 aliphatic carbocycles. The maximum absolute atomic E-state index is 13.1. The van der Waals surface area contributed by atoms with Crippen LogP contribution in [0.3, 0.4) is 0 Å². The number of amides is 2. The summed E-state index contributed by atoms with van der Waals surface area (Å²) in [5, 5.41) is -0.330. The molecule has 1 N–H and O–H groups in total. The van der Waals surface area contributed by atoms with Gasteiger partial charge in [-0.3, -0.25) is 19.2 Å². The number of rotatable bonds is 2. The molecule has 26 heavy (non-hydrogen) atoms. The van der Waals surface area contributed by atoms with Crippen LogP contribution in [0.5, 0.6) is 0 Å². The Labute approximate surface area is 163 Å². The number of nitrogens with zero attached hydrogens (tertiary/aromatic N) is 1. The largest absolute Gasteiger partial charge is 0.469 e. The van der Waals surface area contributed by atoms with E-state index in [1.165, 1.54) is 7.11 Å². The second kappa shape index (κ2) is 6.36. The predicted octanol–water partition coefficient (Wildman–Crippen LogP) is 2.12. The lowest BCUT2D eigenvalue weighted by atomic mass is 9.89. The van der Waals surface area contributed by atoms with Crippen LogP contribution in [0.2, 0.25) is 0 Å². The highest BCUT2D eigenvalue weighted by atomic mass is 79.9. The van der Waals surface area contributed by atoms with Gasteiger partial charge in [0.1, 0.15) is 11.2 Å². The molecule has 1 saturated heterocycles. The van der Waals surface area contributed by atoms with E-state index in [9.17, 15) is 19.2 Å². The Morgan fingerprint density at radius 2 is 1.88 bits per heavy atom. The van der Waals surface area contributed by atoms with E-state index in [1.807, 2.05) is 0 Å². The molecule has 2 aliphatic rings. The van der Waals surface area contributed by atoms with Gasteiger partial charge in [0.05, 0.1) is 28.6 Å². The first-order valence-electron chi connectivity index (χ1n) is 7.53. The van der Waals surface area contributed by atoms with Gasteiger partial charge in [-0.2, -0.15) is 0 Å². The van der Waals surface area contributed by atoms with Crippen molar-refractivity contribution in [1.82, 2.24) is 4.98 Å². The number of hydrogen-bond acceptors (Lipinski definition) is 7. The number of aromatic nitrogens is 1. The highest BCUT2D eigenvalue weighted by molar-refractivity contribution is 9.10. The standard InChI is InChI=1S/C16H11BrN2O5S2/c1-24-15(22)9-8-11(25-12-10(9)26-16(23)18-12)14(21)19(13(8)20)7-4-2-6(17)3-5-7/h2-5,8-9,11H,1H3,(H,18,23)/t8-,9-,11-/m0/s1. The Balaban J connectivity index is 1.81. The Morgan fingerprint density at radius 3 is 2.54 bits per heavy atom. The summed E-state index contributed by atoms with van der Waals surface area (Å²) in [4.78, 5) is 54.0. The number of thioether (sulfide) groups is 1. The smallest absolute Gasteiger partial charge is 0.314 e. The van der Waals surface area contributed by atoms with E-state index >= 15 is 0 Å². The molecule has 2 aromatic rings. The molecule has 10 heteroatoms. The average molecular weight is 455 g/mol. The Hall–Kier alpha value is -1.91. The van der Waals surface area contributed by atoms with Crippen molar-refractivity contribution < 1.29 is 19.1 Å². The van der Waals surface area contributed by atoms with E-state index in [4.69, 9.17) is 4.74 Å². The van der Waals surface area contributed by atoms with Gasteiger partial charge in [0.2, 0.25) is 11.8 Å². The third kappa shape index (κ3) is 2.55. The highest BCUT2D eigenvalue weighted by Gasteiger charge is 2.58. The lowest BCUT2D eigenvalue weighted by Gasteiger charge is -2.27. The molecule has 1 aromatic carbocycles. The van der Waals surface area contributed by atoms with Gasteiger partial charge in [-0.1, -0.05) is 39.0 Å². The van der Waals surface area contributed by atoms with Crippen LogP contribution in [0.1, 0.15) is 10.8 Å². The number of esters is 1. The van der Waals surface area contributed by atoms with E-state index in [0.717, 1.165) is 32.5 Å². The fraction of sp³-hybridized carbons (Fsp3) is 0.250. The molecule has 0 spiro atoms. The van der Waals surface area contributed by atoms with E-state index in [2.05, 4.69) is 20.9 Å². The molecule has 0 radical (unpaired) electrons. The first-order valence-corrected chi connectivity index (χ1v) is 10.0. The predicted molar refractivity (Wildman–Crippen MR) is 99.5 cm³/mol. The van der Waals surface area contributed by atoms with E-state index in [0.29, 0.717) is 15.6 Å². The number of halogens is 1. The van der Waals surface area contributed by atoms with Gasteiger partial charge in [-0.15, -0.1) is 0 Å². The number of ether oxygens (including phenoxy) is 1. The minimum absolute atomic E-state index is 0.332. The normalized spacial score (nSPS) is 24.4. The summed E-state index contributed by atoms with van der Waals surface area (Å²) in [6, 6.07) is 6.79. The van der Waals surface area contributed by atoms with Crippen molar-refractivity contribution in [2.75, 3.05) is 12.0 Å². The van der Waals surface area contributed by atoms with Crippen LogP contribution in [-0.2, 0) is 19.1 Å². The van der Waals surface area contributed by atoms with Gasteiger partial charge in [0.15, 0.2) is 0 Å². The van der Waals surface area contributed by atoms with Crippen molar-refractivity contribution in [3.8, 4) is 0 Å². The minimum Gasteiger partial charge on any atom is -0.469 e. The molecule has 0 unspecified atom stereocenters. The van der Waals surface area contributed by atoms with Gasteiger partial charge < -0.3 is 9.72 Å². The number of benzene rings is 1. The molecular weight excluding hydrogens is 444 g/mol. The van der Waals surface area contributed by atoms with Crippen LogP contribution in [0, 0.1) is 5.92 Å². The zero-order valence-electron chi connectivity index (χ0n) is 13.2. The zero-order chi connectivity index (χ0) is 18.6. The summed E-state index contributed by atoms with van der Waals surface area (Å²) in [5.41, 5.74) is 0.443.